The number of ether oxygens (including phenoxy) is 1. The fraction of sp³-hybridized carbons (Fsp3) is 0.333. The Hall–Kier alpha value is -3.47. The summed E-state index contributed by atoms with van der Waals surface area (Å²) in [7, 11) is 0. The number of aromatic nitrogens is 3. The van der Waals surface area contributed by atoms with Crippen molar-refractivity contribution in [3.05, 3.63) is 68.0 Å². The number of nitrogens with zero attached hydrogens (tertiary/aromatic N) is 2. The van der Waals surface area contributed by atoms with Crippen molar-refractivity contribution in [1.82, 2.24) is 14.5 Å². The molecule has 1 aromatic carbocycles. The number of hydrogen-bond acceptors (Lipinski definition) is 5. The van der Waals surface area contributed by atoms with Crippen molar-refractivity contribution in [1.29, 1.82) is 0 Å². The number of carbonyl (C=O) groups is 1. The lowest BCUT2D eigenvalue weighted by molar-refractivity contribution is -0.137. The molecule has 8 nitrogen and oxygen atoms in total. The first kappa shape index (κ1) is 21.8. The Morgan fingerprint density at radius 1 is 1.31 bits per heavy atom. The van der Waals surface area contributed by atoms with Crippen molar-refractivity contribution in [2.75, 3.05) is 11.9 Å². The Morgan fingerprint density at radius 3 is 2.78 bits per heavy atom. The van der Waals surface area contributed by atoms with E-state index in [1.807, 2.05) is 0 Å². The summed E-state index contributed by atoms with van der Waals surface area (Å²) < 4.78 is 45.6. The minimum Gasteiger partial charge on any atom is -0.376 e. The molecule has 0 bridgehead atoms. The standard InChI is InChI=1S/C21H19F3N4O4/c1-11-15(18(29)26-13-5-2-4-12(8-13)21(22,23)24)9-16-17(25-11)28(20(31)27-19(16)30)10-14-6-3-7-32-14/h2,4-5,8-9,14H,3,6-7,10H2,1H3,(H,26,29)(H,27,30,31). The molecule has 1 saturated heterocycles. The predicted octanol–water partition coefficient (Wildman–Crippen LogP) is 2.84. The molecule has 0 spiro atoms. The number of amides is 1. The predicted molar refractivity (Wildman–Crippen MR) is 110 cm³/mol. The van der Waals surface area contributed by atoms with E-state index in [4.69, 9.17) is 4.74 Å². The summed E-state index contributed by atoms with van der Waals surface area (Å²) in [6.45, 7) is 2.31. The Morgan fingerprint density at radius 2 is 2.09 bits per heavy atom. The van der Waals surface area contributed by atoms with Gasteiger partial charge >= 0.3 is 11.9 Å². The molecule has 1 atom stereocenters. The van der Waals surface area contributed by atoms with Crippen LogP contribution in [-0.2, 0) is 17.5 Å². The van der Waals surface area contributed by atoms with E-state index in [2.05, 4.69) is 15.3 Å². The highest BCUT2D eigenvalue weighted by atomic mass is 19.4. The molecular weight excluding hydrogens is 429 g/mol. The van der Waals surface area contributed by atoms with Gasteiger partial charge in [0, 0.05) is 12.3 Å². The second-order valence-electron chi connectivity index (χ2n) is 7.53. The maximum absolute atomic E-state index is 12.9. The Labute approximate surface area is 179 Å². The molecule has 3 heterocycles. The van der Waals surface area contributed by atoms with Crippen LogP contribution in [0.3, 0.4) is 0 Å². The number of nitrogens with one attached hydrogen (secondary N) is 2. The lowest BCUT2D eigenvalue weighted by atomic mass is 10.1. The van der Waals surface area contributed by atoms with E-state index < -0.39 is 28.9 Å². The number of rotatable bonds is 4. The monoisotopic (exact) mass is 448 g/mol. The van der Waals surface area contributed by atoms with Crippen LogP contribution in [0.5, 0.6) is 0 Å². The zero-order valence-corrected chi connectivity index (χ0v) is 17.0. The van der Waals surface area contributed by atoms with Crippen molar-refractivity contribution in [3.63, 3.8) is 0 Å². The van der Waals surface area contributed by atoms with Gasteiger partial charge in [0.1, 0.15) is 5.65 Å². The van der Waals surface area contributed by atoms with Crippen LogP contribution in [0.25, 0.3) is 11.0 Å². The smallest absolute Gasteiger partial charge is 0.376 e. The molecule has 0 saturated carbocycles. The van der Waals surface area contributed by atoms with Crippen LogP contribution in [-0.4, -0.2) is 33.2 Å². The lowest BCUT2D eigenvalue weighted by Crippen LogP contribution is -2.34. The van der Waals surface area contributed by atoms with E-state index >= 15 is 0 Å². The number of pyridine rings is 1. The second kappa shape index (κ2) is 8.23. The third-order valence-electron chi connectivity index (χ3n) is 5.26. The first-order valence-corrected chi connectivity index (χ1v) is 9.88. The van der Waals surface area contributed by atoms with Crippen molar-refractivity contribution in [2.24, 2.45) is 0 Å². The normalized spacial score (nSPS) is 16.4. The van der Waals surface area contributed by atoms with E-state index in [0.29, 0.717) is 6.61 Å². The molecule has 0 radical (unpaired) electrons. The van der Waals surface area contributed by atoms with Crippen LogP contribution in [0.1, 0.15) is 34.5 Å². The van der Waals surface area contributed by atoms with Crippen molar-refractivity contribution < 1.29 is 22.7 Å². The Kier molecular flexibility index (Phi) is 5.59. The number of carbonyl (C=O) groups excluding carboxylic acids is 1. The highest BCUT2D eigenvalue weighted by molar-refractivity contribution is 6.06. The number of aromatic amines is 1. The van der Waals surface area contributed by atoms with Crippen LogP contribution in [0.2, 0.25) is 0 Å². The van der Waals surface area contributed by atoms with Gasteiger partial charge in [-0.05, 0) is 44.0 Å². The second-order valence-corrected chi connectivity index (χ2v) is 7.53. The van der Waals surface area contributed by atoms with E-state index in [1.165, 1.54) is 29.7 Å². The van der Waals surface area contributed by atoms with Gasteiger partial charge in [-0.3, -0.25) is 19.1 Å². The zero-order valence-electron chi connectivity index (χ0n) is 17.0. The molecule has 32 heavy (non-hydrogen) atoms. The van der Waals surface area contributed by atoms with Crippen LogP contribution < -0.4 is 16.6 Å². The average Bonchev–Trinajstić information content (AvgIpc) is 3.23. The summed E-state index contributed by atoms with van der Waals surface area (Å²) in [6, 6.07) is 5.49. The van der Waals surface area contributed by atoms with Crippen LogP contribution in [0.4, 0.5) is 18.9 Å². The van der Waals surface area contributed by atoms with E-state index in [0.717, 1.165) is 25.0 Å². The van der Waals surface area contributed by atoms with Gasteiger partial charge in [-0.2, -0.15) is 13.2 Å². The third kappa shape index (κ3) is 4.28. The SMILES string of the molecule is Cc1nc2c(cc1C(=O)Nc1cccc(C(F)(F)F)c1)c(=O)[nH]c(=O)n2CC1CCCO1. The van der Waals surface area contributed by atoms with E-state index in [1.54, 1.807) is 0 Å². The molecule has 0 aliphatic carbocycles. The summed E-state index contributed by atoms with van der Waals surface area (Å²) in [5.41, 5.74) is -1.97. The van der Waals surface area contributed by atoms with E-state index in [-0.39, 0.29) is 40.6 Å². The number of benzene rings is 1. The maximum atomic E-state index is 12.9. The van der Waals surface area contributed by atoms with Gasteiger partial charge in [-0.25, -0.2) is 9.78 Å². The topological polar surface area (TPSA) is 106 Å². The molecule has 2 aromatic heterocycles. The number of fused-ring (bicyclic) bond motifs is 1. The highest BCUT2D eigenvalue weighted by Gasteiger charge is 2.30. The quantitative estimate of drug-likeness (QED) is 0.639. The number of H-pyrrole nitrogens is 1. The van der Waals surface area contributed by atoms with Gasteiger partial charge in [0.2, 0.25) is 0 Å². The summed E-state index contributed by atoms with van der Waals surface area (Å²) >= 11 is 0. The summed E-state index contributed by atoms with van der Waals surface area (Å²) in [6.07, 6.45) is -3.11. The van der Waals surface area contributed by atoms with Gasteiger partial charge in [0.15, 0.2) is 0 Å². The van der Waals surface area contributed by atoms with E-state index in [9.17, 15) is 27.6 Å². The average molecular weight is 448 g/mol. The Balaban J connectivity index is 1.71. The third-order valence-corrected chi connectivity index (χ3v) is 5.26. The zero-order chi connectivity index (χ0) is 23.0. The van der Waals surface area contributed by atoms with Gasteiger partial charge in [0.25, 0.3) is 11.5 Å². The number of anilines is 1. The maximum Gasteiger partial charge on any atom is 0.416 e. The molecule has 1 aliphatic heterocycles. The van der Waals surface area contributed by atoms with Crippen molar-refractivity contribution in [3.8, 4) is 0 Å². The molecule has 1 unspecified atom stereocenters. The van der Waals surface area contributed by atoms with Gasteiger partial charge in [-0.1, -0.05) is 6.07 Å². The molecule has 2 N–H and O–H groups in total. The number of aryl methyl sites for hydroxylation is 1. The van der Waals surface area contributed by atoms with Crippen LogP contribution >= 0.6 is 0 Å². The van der Waals surface area contributed by atoms with Crippen molar-refractivity contribution >= 4 is 22.6 Å². The Bertz CT molecular complexity index is 1310. The molecule has 168 valence electrons. The summed E-state index contributed by atoms with van der Waals surface area (Å²) in [5.74, 6) is -0.729. The van der Waals surface area contributed by atoms with Crippen LogP contribution in [0, 0.1) is 6.92 Å². The molecule has 1 aliphatic rings. The number of alkyl halides is 3. The van der Waals surface area contributed by atoms with Gasteiger partial charge in [0.05, 0.1) is 34.9 Å². The molecule has 1 fully saturated rings. The lowest BCUT2D eigenvalue weighted by Gasteiger charge is -2.15. The fourth-order valence-corrected chi connectivity index (χ4v) is 3.66. The molecule has 4 rings (SSSR count). The van der Waals surface area contributed by atoms with Crippen molar-refractivity contribution in [2.45, 2.75) is 38.6 Å². The first-order chi connectivity index (χ1) is 15.1. The first-order valence-electron chi connectivity index (χ1n) is 9.88. The minimum atomic E-state index is -4.55. The molecule has 1 amide bonds. The highest BCUT2D eigenvalue weighted by Crippen LogP contribution is 2.30. The fourth-order valence-electron chi connectivity index (χ4n) is 3.66. The summed E-state index contributed by atoms with van der Waals surface area (Å²) in [4.78, 5) is 44.0. The number of hydrogen-bond donors (Lipinski definition) is 2. The largest absolute Gasteiger partial charge is 0.416 e. The van der Waals surface area contributed by atoms with Crippen LogP contribution in [0.15, 0.2) is 39.9 Å². The molecule has 3 aromatic rings. The molecular formula is C21H19F3N4O4. The summed E-state index contributed by atoms with van der Waals surface area (Å²) in [5, 5.41) is 2.42. The minimum absolute atomic E-state index is 0.00253. The van der Waals surface area contributed by atoms with Gasteiger partial charge < -0.3 is 10.1 Å². The number of halogens is 3. The van der Waals surface area contributed by atoms with Gasteiger partial charge in [-0.15, -0.1) is 0 Å². The molecule has 11 heteroatoms.